The Balaban J connectivity index is 2.12. The molecule has 2 N–H and O–H groups in total. The topological polar surface area (TPSA) is 103 Å². The van der Waals surface area contributed by atoms with Crippen molar-refractivity contribution < 1.29 is 19.8 Å². The zero-order valence-corrected chi connectivity index (χ0v) is 11.1. The Bertz CT molecular complexity index is 600. The SMILES string of the molecule is O=C(O)CN1C(=O)CS/C1=N/N=C/c1ccccc1O. The first-order valence-corrected chi connectivity index (χ1v) is 6.60. The zero-order chi connectivity index (χ0) is 14.5. The van der Waals surface area contributed by atoms with Gasteiger partial charge >= 0.3 is 5.97 Å². The molecule has 0 unspecified atom stereocenters. The summed E-state index contributed by atoms with van der Waals surface area (Å²) in [6.07, 6.45) is 1.34. The number of carbonyl (C=O) groups excluding carboxylic acids is 1. The third-order valence-electron chi connectivity index (χ3n) is 2.43. The molecule has 0 spiro atoms. The first-order valence-electron chi connectivity index (χ1n) is 5.62. The lowest BCUT2D eigenvalue weighted by molar-refractivity contribution is -0.140. The van der Waals surface area contributed by atoms with Gasteiger partial charge in [-0.05, 0) is 12.1 Å². The maximum Gasteiger partial charge on any atom is 0.323 e. The van der Waals surface area contributed by atoms with Gasteiger partial charge in [0.15, 0.2) is 5.17 Å². The number of phenolic OH excluding ortho intramolecular Hbond substituents is 1. The van der Waals surface area contributed by atoms with Gasteiger partial charge in [0.2, 0.25) is 5.91 Å². The molecule has 0 radical (unpaired) electrons. The fourth-order valence-corrected chi connectivity index (χ4v) is 2.34. The summed E-state index contributed by atoms with van der Waals surface area (Å²) < 4.78 is 0. The van der Waals surface area contributed by atoms with Crippen LogP contribution in [0.25, 0.3) is 0 Å². The third-order valence-corrected chi connectivity index (χ3v) is 3.38. The molecule has 1 heterocycles. The molecule has 1 aliphatic rings. The first kappa shape index (κ1) is 14.1. The summed E-state index contributed by atoms with van der Waals surface area (Å²) in [6, 6.07) is 6.58. The highest BCUT2D eigenvalue weighted by atomic mass is 32.2. The Morgan fingerprint density at radius 2 is 2.20 bits per heavy atom. The summed E-state index contributed by atoms with van der Waals surface area (Å²) in [5.74, 6) is -1.21. The number of para-hydroxylation sites is 1. The highest BCUT2D eigenvalue weighted by Crippen LogP contribution is 2.19. The number of carbonyl (C=O) groups is 2. The Labute approximate surface area is 118 Å². The van der Waals surface area contributed by atoms with E-state index in [0.29, 0.717) is 5.56 Å². The van der Waals surface area contributed by atoms with Crippen LogP contribution in [0, 0.1) is 0 Å². The average Bonchev–Trinajstić information content (AvgIpc) is 2.73. The summed E-state index contributed by atoms with van der Waals surface area (Å²) in [6.45, 7) is -0.434. The zero-order valence-electron chi connectivity index (χ0n) is 10.3. The number of amidine groups is 1. The number of aromatic hydroxyl groups is 1. The molecule has 8 heteroatoms. The number of thioether (sulfide) groups is 1. The summed E-state index contributed by atoms with van der Waals surface area (Å²) in [5, 5.41) is 26.1. The highest BCUT2D eigenvalue weighted by molar-refractivity contribution is 8.15. The molecular formula is C12H11N3O4S. The highest BCUT2D eigenvalue weighted by Gasteiger charge is 2.29. The summed E-state index contributed by atoms with van der Waals surface area (Å²) in [5.41, 5.74) is 0.482. The van der Waals surface area contributed by atoms with Gasteiger partial charge in [-0.3, -0.25) is 14.5 Å². The number of carboxylic acid groups (broad SMARTS) is 1. The summed E-state index contributed by atoms with van der Waals surface area (Å²) >= 11 is 1.13. The number of hydrogen-bond donors (Lipinski definition) is 2. The quantitative estimate of drug-likeness (QED) is 0.629. The molecule has 104 valence electrons. The second-order valence-electron chi connectivity index (χ2n) is 3.85. The van der Waals surface area contributed by atoms with E-state index >= 15 is 0 Å². The average molecular weight is 293 g/mol. The van der Waals surface area contributed by atoms with Crippen molar-refractivity contribution in [2.45, 2.75) is 0 Å². The molecule has 1 aliphatic heterocycles. The monoisotopic (exact) mass is 293 g/mol. The van der Waals surface area contributed by atoms with Crippen molar-refractivity contribution in [1.29, 1.82) is 0 Å². The van der Waals surface area contributed by atoms with Crippen LogP contribution < -0.4 is 0 Å². The fraction of sp³-hybridized carbons (Fsp3) is 0.167. The third kappa shape index (κ3) is 3.35. The first-order chi connectivity index (χ1) is 9.58. The van der Waals surface area contributed by atoms with Crippen molar-refractivity contribution >= 4 is 35.0 Å². The summed E-state index contributed by atoms with van der Waals surface area (Å²) in [4.78, 5) is 23.2. The van der Waals surface area contributed by atoms with Gasteiger partial charge in [0.1, 0.15) is 12.3 Å². The molecule has 0 atom stereocenters. The predicted molar refractivity (Wildman–Crippen MR) is 74.9 cm³/mol. The number of aliphatic carboxylic acids is 1. The van der Waals surface area contributed by atoms with Gasteiger partial charge in [-0.2, -0.15) is 5.10 Å². The predicted octanol–water partition coefficient (Wildman–Crippen LogP) is 0.742. The second-order valence-corrected chi connectivity index (χ2v) is 4.79. The van der Waals surface area contributed by atoms with Crippen LogP contribution >= 0.6 is 11.8 Å². The molecular weight excluding hydrogens is 282 g/mol. The van der Waals surface area contributed by atoms with Crippen LogP contribution in [0.15, 0.2) is 34.5 Å². The van der Waals surface area contributed by atoms with Gasteiger partial charge in [0.25, 0.3) is 0 Å². The number of rotatable bonds is 4. The number of benzene rings is 1. The lowest BCUT2D eigenvalue weighted by Crippen LogP contribution is -2.34. The van der Waals surface area contributed by atoms with Gasteiger partial charge in [0.05, 0.1) is 12.0 Å². The molecule has 1 amide bonds. The van der Waals surface area contributed by atoms with Gasteiger partial charge in [-0.25, -0.2) is 0 Å². The number of phenols is 1. The van der Waals surface area contributed by atoms with Crippen molar-refractivity contribution in [3.8, 4) is 5.75 Å². The van der Waals surface area contributed by atoms with E-state index in [0.717, 1.165) is 16.7 Å². The Hall–Kier alpha value is -2.35. The smallest absolute Gasteiger partial charge is 0.323 e. The minimum atomic E-state index is -1.11. The molecule has 20 heavy (non-hydrogen) atoms. The molecule has 0 aromatic heterocycles. The van der Waals surface area contributed by atoms with E-state index < -0.39 is 12.5 Å². The van der Waals surface area contributed by atoms with E-state index in [1.807, 2.05) is 0 Å². The van der Waals surface area contributed by atoms with Crippen LogP contribution in [0.3, 0.4) is 0 Å². The van der Waals surface area contributed by atoms with Crippen molar-refractivity contribution in [2.24, 2.45) is 10.2 Å². The molecule has 1 aromatic rings. The molecule has 0 saturated carbocycles. The van der Waals surface area contributed by atoms with E-state index in [2.05, 4.69) is 10.2 Å². The van der Waals surface area contributed by atoms with Crippen LogP contribution in [-0.4, -0.2) is 50.7 Å². The summed E-state index contributed by atoms with van der Waals surface area (Å²) in [7, 11) is 0. The van der Waals surface area contributed by atoms with Crippen LogP contribution in [0.2, 0.25) is 0 Å². The van der Waals surface area contributed by atoms with Crippen LogP contribution in [0.5, 0.6) is 5.75 Å². The molecule has 2 rings (SSSR count). The Morgan fingerprint density at radius 1 is 1.45 bits per heavy atom. The van der Waals surface area contributed by atoms with E-state index in [9.17, 15) is 14.7 Å². The van der Waals surface area contributed by atoms with Crippen molar-refractivity contribution in [1.82, 2.24) is 4.90 Å². The second kappa shape index (κ2) is 6.20. The number of nitrogens with zero attached hydrogens (tertiary/aromatic N) is 3. The van der Waals surface area contributed by atoms with Crippen molar-refractivity contribution in [3.63, 3.8) is 0 Å². The Morgan fingerprint density at radius 3 is 2.90 bits per heavy atom. The van der Waals surface area contributed by atoms with Crippen LogP contribution in [-0.2, 0) is 9.59 Å². The number of hydrogen-bond acceptors (Lipinski definition) is 6. The maximum atomic E-state index is 11.5. The normalized spacial score (nSPS) is 17.3. The van der Waals surface area contributed by atoms with E-state index in [4.69, 9.17) is 5.11 Å². The number of carboxylic acids is 1. The van der Waals surface area contributed by atoms with Gasteiger partial charge in [-0.15, -0.1) is 5.10 Å². The van der Waals surface area contributed by atoms with Crippen LogP contribution in [0.4, 0.5) is 0 Å². The lowest BCUT2D eigenvalue weighted by Gasteiger charge is -2.11. The molecule has 1 saturated heterocycles. The van der Waals surface area contributed by atoms with E-state index in [1.54, 1.807) is 18.2 Å². The fourth-order valence-electron chi connectivity index (χ4n) is 1.50. The molecule has 0 aliphatic carbocycles. The maximum absolute atomic E-state index is 11.5. The molecule has 7 nitrogen and oxygen atoms in total. The standard InChI is InChI=1S/C12H11N3O4S/c16-9-4-2-1-3-8(9)5-13-14-12-15(6-11(18)19)10(17)7-20-12/h1-5,16H,6-7H2,(H,18,19)/b13-5+,14-12+. The molecule has 0 bridgehead atoms. The minimum Gasteiger partial charge on any atom is -0.507 e. The van der Waals surface area contributed by atoms with Crippen molar-refractivity contribution in [3.05, 3.63) is 29.8 Å². The van der Waals surface area contributed by atoms with Gasteiger partial charge < -0.3 is 10.2 Å². The van der Waals surface area contributed by atoms with E-state index in [1.165, 1.54) is 12.3 Å². The van der Waals surface area contributed by atoms with Crippen molar-refractivity contribution in [2.75, 3.05) is 12.3 Å². The molecule has 1 fully saturated rings. The largest absolute Gasteiger partial charge is 0.507 e. The lowest BCUT2D eigenvalue weighted by atomic mass is 10.2. The van der Waals surface area contributed by atoms with Gasteiger partial charge in [0, 0.05) is 5.56 Å². The van der Waals surface area contributed by atoms with Gasteiger partial charge in [-0.1, -0.05) is 23.9 Å². The van der Waals surface area contributed by atoms with Crippen LogP contribution in [0.1, 0.15) is 5.56 Å². The minimum absolute atomic E-state index is 0.0639. The Kier molecular flexibility index (Phi) is 4.36. The van der Waals surface area contributed by atoms with E-state index in [-0.39, 0.29) is 22.6 Å². The number of amides is 1. The molecule has 1 aromatic carbocycles.